The van der Waals surface area contributed by atoms with Gasteiger partial charge in [-0.2, -0.15) is 5.10 Å². The summed E-state index contributed by atoms with van der Waals surface area (Å²) in [6.07, 6.45) is 1.55. The summed E-state index contributed by atoms with van der Waals surface area (Å²) in [7, 11) is 0. The molecular formula is C13H20N2OS. The van der Waals surface area contributed by atoms with Gasteiger partial charge in [-0.05, 0) is 31.4 Å². The Balaban J connectivity index is 2.57. The van der Waals surface area contributed by atoms with E-state index in [0.29, 0.717) is 12.3 Å². The fourth-order valence-corrected chi connectivity index (χ4v) is 2.27. The van der Waals surface area contributed by atoms with Crippen LogP contribution in [0.5, 0.6) is 0 Å². The van der Waals surface area contributed by atoms with E-state index in [2.05, 4.69) is 29.6 Å². The molecule has 0 unspecified atom stereocenters. The molecule has 94 valence electrons. The molecule has 0 atom stereocenters. The van der Waals surface area contributed by atoms with Gasteiger partial charge in [0.1, 0.15) is 0 Å². The number of aryl methyl sites for hydroxylation is 1. The minimum atomic E-state index is -0.0216. The Kier molecular flexibility index (Phi) is 5.35. The zero-order chi connectivity index (χ0) is 12.8. The van der Waals surface area contributed by atoms with E-state index in [0.717, 1.165) is 17.0 Å². The van der Waals surface area contributed by atoms with Crippen LogP contribution in [0.3, 0.4) is 0 Å². The van der Waals surface area contributed by atoms with Gasteiger partial charge in [-0.25, -0.2) is 5.43 Å². The predicted molar refractivity (Wildman–Crippen MR) is 73.5 cm³/mol. The van der Waals surface area contributed by atoms with Crippen molar-refractivity contribution in [3.05, 3.63) is 21.9 Å². The highest BCUT2D eigenvalue weighted by atomic mass is 32.1. The van der Waals surface area contributed by atoms with Crippen molar-refractivity contribution >= 4 is 23.0 Å². The molecule has 0 spiro atoms. The summed E-state index contributed by atoms with van der Waals surface area (Å²) in [4.78, 5) is 13.9. The topological polar surface area (TPSA) is 41.5 Å². The van der Waals surface area contributed by atoms with Gasteiger partial charge >= 0.3 is 0 Å². The number of hydrogen-bond donors (Lipinski definition) is 1. The minimum Gasteiger partial charge on any atom is -0.273 e. The van der Waals surface area contributed by atoms with Crippen LogP contribution in [0.2, 0.25) is 0 Å². The van der Waals surface area contributed by atoms with Crippen molar-refractivity contribution in [1.29, 1.82) is 0 Å². The Labute approximate surface area is 107 Å². The number of nitrogens with zero attached hydrogens (tertiary/aromatic N) is 1. The van der Waals surface area contributed by atoms with Crippen LogP contribution in [0, 0.1) is 5.92 Å². The van der Waals surface area contributed by atoms with Crippen molar-refractivity contribution in [2.75, 3.05) is 0 Å². The van der Waals surface area contributed by atoms with Gasteiger partial charge in [0, 0.05) is 11.3 Å². The molecule has 0 radical (unpaired) electrons. The summed E-state index contributed by atoms with van der Waals surface area (Å²) >= 11 is 1.72. The van der Waals surface area contributed by atoms with E-state index in [-0.39, 0.29) is 5.91 Å². The van der Waals surface area contributed by atoms with Crippen molar-refractivity contribution in [2.24, 2.45) is 11.0 Å². The maximum Gasteiger partial charge on any atom is 0.240 e. The molecule has 1 heterocycles. The van der Waals surface area contributed by atoms with Crippen molar-refractivity contribution in [2.45, 2.75) is 40.5 Å². The molecule has 1 aromatic heterocycles. The SMILES string of the molecule is CCc1ccc(C(C)=NNC(=O)CC(C)C)s1. The van der Waals surface area contributed by atoms with Crippen LogP contribution in [0.4, 0.5) is 0 Å². The lowest BCUT2D eigenvalue weighted by atomic mass is 10.1. The molecule has 0 aliphatic heterocycles. The van der Waals surface area contributed by atoms with Crippen LogP contribution in [0.1, 0.15) is 43.9 Å². The van der Waals surface area contributed by atoms with E-state index in [1.807, 2.05) is 20.8 Å². The number of thiophene rings is 1. The van der Waals surface area contributed by atoms with E-state index >= 15 is 0 Å². The third-order valence-electron chi connectivity index (χ3n) is 2.31. The Morgan fingerprint density at radius 3 is 2.71 bits per heavy atom. The van der Waals surface area contributed by atoms with Crippen LogP contribution < -0.4 is 5.43 Å². The lowest BCUT2D eigenvalue weighted by molar-refractivity contribution is -0.121. The zero-order valence-electron chi connectivity index (χ0n) is 10.9. The summed E-state index contributed by atoms with van der Waals surface area (Å²) in [6, 6.07) is 4.16. The fraction of sp³-hybridized carbons (Fsp3) is 0.538. The first kappa shape index (κ1) is 13.9. The third-order valence-corrected chi connectivity index (χ3v) is 3.65. The highest BCUT2D eigenvalue weighted by molar-refractivity contribution is 7.14. The van der Waals surface area contributed by atoms with Crippen molar-refractivity contribution in [3.8, 4) is 0 Å². The van der Waals surface area contributed by atoms with Gasteiger partial charge in [-0.1, -0.05) is 20.8 Å². The number of carbonyl (C=O) groups is 1. The van der Waals surface area contributed by atoms with Gasteiger partial charge < -0.3 is 0 Å². The molecule has 0 bridgehead atoms. The largest absolute Gasteiger partial charge is 0.273 e. The van der Waals surface area contributed by atoms with Crippen molar-refractivity contribution < 1.29 is 4.79 Å². The highest BCUT2D eigenvalue weighted by Crippen LogP contribution is 2.17. The minimum absolute atomic E-state index is 0.0216. The molecule has 0 aliphatic carbocycles. The molecular weight excluding hydrogens is 232 g/mol. The second-order valence-corrected chi connectivity index (χ2v) is 5.62. The third kappa shape index (κ3) is 4.69. The predicted octanol–water partition coefficient (Wildman–Crippen LogP) is 3.20. The summed E-state index contributed by atoms with van der Waals surface area (Å²) in [5.74, 6) is 0.338. The van der Waals surface area contributed by atoms with Crippen LogP contribution in [0.15, 0.2) is 17.2 Å². The van der Waals surface area contributed by atoms with Crippen LogP contribution in [0.25, 0.3) is 0 Å². The second-order valence-electron chi connectivity index (χ2n) is 4.45. The number of hydrazone groups is 1. The monoisotopic (exact) mass is 252 g/mol. The first-order valence-electron chi connectivity index (χ1n) is 5.95. The van der Waals surface area contributed by atoms with Crippen molar-refractivity contribution in [1.82, 2.24) is 5.43 Å². The van der Waals surface area contributed by atoms with Crippen LogP contribution in [-0.2, 0) is 11.2 Å². The molecule has 4 heteroatoms. The molecule has 0 saturated heterocycles. The average Bonchev–Trinajstić information content (AvgIpc) is 2.73. The number of nitrogens with one attached hydrogen (secondary N) is 1. The van der Waals surface area contributed by atoms with Gasteiger partial charge in [0.15, 0.2) is 0 Å². The fourth-order valence-electron chi connectivity index (χ4n) is 1.38. The standard InChI is InChI=1S/C13H20N2OS/c1-5-11-6-7-12(17-11)10(4)14-15-13(16)8-9(2)3/h6-7,9H,5,8H2,1-4H3,(H,15,16). The zero-order valence-corrected chi connectivity index (χ0v) is 11.7. The number of carbonyl (C=O) groups excluding carboxylic acids is 1. The number of hydrogen-bond acceptors (Lipinski definition) is 3. The molecule has 17 heavy (non-hydrogen) atoms. The Morgan fingerprint density at radius 2 is 2.18 bits per heavy atom. The van der Waals surface area contributed by atoms with Crippen molar-refractivity contribution in [3.63, 3.8) is 0 Å². The molecule has 1 N–H and O–H groups in total. The maximum atomic E-state index is 11.4. The van der Waals surface area contributed by atoms with Gasteiger partial charge in [0.2, 0.25) is 5.91 Å². The van der Waals surface area contributed by atoms with E-state index < -0.39 is 0 Å². The van der Waals surface area contributed by atoms with Gasteiger partial charge in [0.25, 0.3) is 0 Å². The normalized spacial score (nSPS) is 11.9. The van der Waals surface area contributed by atoms with Gasteiger partial charge in [0.05, 0.1) is 10.6 Å². The summed E-state index contributed by atoms with van der Waals surface area (Å²) < 4.78 is 0. The Morgan fingerprint density at radius 1 is 1.47 bits per heavy atom. The second kappa shape index (κ2) is 6.55. The Hall–Kier alpha value is -1.16. The molecule has 0 fully saturated rings. The molecule has 1 rings (SSSR count). The molecule has 0 aliphatic rings. The molecule has 0 saturated carbocycles. The maximum absolute atomic E-state index is 11.4. The highest BCUT2D eigenvalue weighted by Gasteiger charge is 2.05. The van der Waals surface area contributed by atoms with Gasteiger partial charge in [-0.15, -0.1) is 11.3 Å². The van der Waals surface area contributed by atoms with E-state index in [1.54, 1.807) is 11.3 Å². The first-order chi connectivity index (χ1) is 8.02. The van der Waals surface area contributed by atoms with E-state index in [1.165, 1.54) is 4.88 Å². The Bertz CT molecular complexity index is 407. The lowest BCUT2D eigenvalue weighted by Crippen LogP contribution is -2.20. The lowest BCUT2D eigenvalue weighted by Gasteiger charge is -2.03. The number of amides is 1. The van der Waals surface area contributed by atoms with E-state index in [4.69, 9.17) is 0 Å². The average molecular weight is 252 g/mol. The van der Waals surface area contributed by atoms with E-state index in [9.17, 15) is 4.79 Å². The summed E-state index contributed by atoms with van der Waals surface area (Å²) in [6.45, 7) is 8.08. The summed E-state index contributed by atoms with van der Waals surface area (Å²) in [5, 5.41) is 4.12. The molecule has 3 nitrogen and oxygen atoms in total. The smallest absolute Gasteiger partial charge is 0.240 e. The van der Waals surface area contributed by atoms with Gasteiger partial charge in [-0.3, -0.25) is 4.79 Å². The molecule has 1 aromatic rings. The molecule has 0 aromatic carbocycles. The first-order valence-corrected chi connectivity index (χ1v) is 6.76. The quantitative estimate of drug-likeness (QED) is 0.634. The molecule has 1 amide bonds. The van der Waals surface area contributed by atoms with Crippen LogP contribution in [-0.4, -0.2) is 11.6 Å². The summed E-state index contributed by atoms with van der Waals surface area (Å²) in [5.41, 5.74) is 3.46. The number of rotatable bonds is 5. The van der Waals surface area contributed by atoms with Crippen LogP contribution >= 0.6 is 11.3 Å².